The summed E-state index contributed by atoms with van der Waals surface area (Å²) < 4.78 is 28.7. The predicted octanol–water partition coefficient (Wildman–Crippen LogP) is 2.26. The number of hydrogen-bond donors (Lipinski definition) is 8. The average molecular weight is 673 g/mol. The van der Waals surface area contributed by atoms with Crippen LogP contribution in [0.5, 0.6) is 40.2 Å². The molecule has 260 valence electrons. The molecule has 5 rings (SSSR count). The molecular formula is C34H40O14. The maximum absolute atomic E-state index is 12.6. The van der Waals surface area contributed by atoms with Crippen molar-refractivity contribution in [1.82, 2.24) is 0 Å². The molecule has 6 atom stereocenters. The van der Waals surface area contributed by atoms with Gasteiger partial charge in [0.1, 0.15) is 36.8 Å². The number of carbonyl (C=O) groups is 1. The molecule has 0 amide bonds. The third-order valence-electron chi connectivity index (χ3n) is 8.61. The highest BCUT2D eigenvalue weighted by Crippen LogP contribution is 2.50. The van der Waals surface area contributed by atoms with Crippen molar-refractivity contribution in [2.45, 2.75) is 75.3 Å². The minimum Gasteiger partial charge on any atom is -0.507 e. The molecule has 0 radical (unpaired) electrons. The van der Waals surface area contributed by atoms with Gasteiger partial charge in [0.05, 0.1) is 25.9 Å². The van der Waals surface area contributed by atoms with Crippen LogP contribution in [0.1, 0.15) is 47.2 Å². The van der Waals surface area contributed by atoms with Gasteiger partial charge in [-0.25, -0.2) is 4.79 Å². The Balaban J connectivity index is 1.47. The maximum Gasteiger partial charge on any atom is 0.338 e. The maximum atomic E-state index is 12.6. The topological polar surface area (TPSA) is 225 Å². The summed E-state index contributed by atoms with van der Waals surface area (Å²) in [6.07, 6.45) is -5.37. The third-order valence-corrected chi connectivity index (χ3v) is 8.61. The standard InChI is InChI=1S/C34H40O14/c1-44-31-21-12-17(5-3-4-6-19(35)9-7-16-8-10-22(36)20(21)11-16)30(32(31)45-2)48-34-29(42)28(41)27(40)25(47-34)15-46-33(43)18-13-23(37)26(39)24(38)14-18/h8,10-14,19,25,27-29,34-42H,3-7,9,15H2,1-2H3/t19?,25-,27-,28+,29-,34+/m1/s1. The Morgan fingerprint density at radius 2 is 1.48 bits per heavy atom. The summed E-state index contributed by atoms with van der Waals surface area (Å²) in [6, 6.07) is 8.69. The smallest absolute Gasteiger partial charge is 0.338 e. The summed E-state index contributed by atoms with van der Waals surface area (Å²) in [7, 11) is 2.80. The van der Waals surface area contributed by atoms with Crippen LogP contribution in [0, 0.1) is 0 Å². The van der Waals surface area contributed by atoms with Crippen molar-refractivity contribution < 1.29 is 69.3 Å². The highest BCUT2D eigenvalue weighted by atomic mass is 16.7. The Bertz CT molecular complexity index is 1600. The number of phenolic OH excluding ortho intramolecular Hbond substituents is 4. The molecule has 1 saturated heterocycles. The van der Waals surface area contributed by atoms with E-state index in [9.17, 15) is 45.6 Å². The van der Waals surface area contributed by atoms with Crippen LogP contribution in [-0.4, -0.2) is 104 Å². The molecule has 4 bridgehead atoms. The molecule has 0 saturated carbocycles. The SMILES string of the molecule is COc1c2cc(c(O[C@@H]3O[C@H](COC(=O)c4cc(O)c(O)c(O)c4)[C@@H](O)[C@H](O)[C@H]3O)c1OC)CCCCC(O)CCc1ccc(O)c-2c1. The lowest BCUT2D eigenvalue weighted by molar-refractivity contribution is -0.277. The number of carbonyl (C=O) groups excluding carboxylic acids is 1. The first-order chi connectivity index (χ1) is 22.9. The minimum atomic E-state index is -1.80. The van der Waals surface area contributed by atoms with Crippen molar-refractivity contribution in [2.75, 3.05) is 20.8 Å². The number of hydrogen-bond acceptors (Lipinski definition) is 14. The first-order valence-corrected chi connectivity index (χ1v) is 15.5. The normalized spacial score (nSPS) is 24.4. The highest BCUT2D eigenvalue weighted by Gasteiger charge is 2.46. The number of fused-ring (bicyclic) bond motifs is 5. The van der Waals surface area contributed by atoms with Crippen LogP contribution in [0.2, 0.25) is 0 Å². The van der Waals surface area contributed by atoms with Gasteiger partial charge in [-0.2, -0.15) is 0 Å². The van der Waals surface area contributed by atoms with Gasteiger partial charge >= 0.3 is 5.97 Å². The number of aliphatic hydroxyl groups is 4. The van der Waals surface area contributed by atoms with E-state index in [0.717, 1.165) is 17.7 Å². The van der Waals surface area contributed by atoms with Gasteiger partial charge in [0.2, 0.25) is 12.0 Å². The van der Waals surface area contributed by atoms with E-state index in [1.165, 1.54) is 14.2 Å². The summed E-state index contributed by atoms with van der Waals surface area (Å²) in [5.41, 5.74) is 2.14. The fraction of sp³-hybridized carbons (Fsp3) is 0.441. The van der Waals surface area contributed by atoms with Crippen molar-refractivity contribution in [3.63, 3.8) is 0 Å². The van der Waals surface area contributed by atoms with E-state index in [1.807, 2.05) is 6.07 Å². The number of aryl methyl sites for hydroxylation is 2. The Labute approximate surface area is 275 Å². The first-order valence-electron chi connectivity index (χ1n) is 15.5. The first kappa shape index (κ1) is 34.9. The van der Waals surface area contributed by atoms with Gasteiger partial charge in [0.15, 0.2) is 28.7 Å². The van der Waals surface area contributed by atoms with Crippen LogP contribution in [-0.2, 0) is 22.3 Å². The fourth-order valence-electron chi connectivity index (χ4n) is 5.94. The van der Waals surface area contributed by atoms with E-state index in [1.54, 1.807) is 18.2 Å². The van der Waals surface area contributed by atoms with Gasteiger partial charge in [-0.1, -0.05) is 12.5 Å². The van der Waals surface area contributed by atoms with Crippen molar-refractivity contribution >= 4 is 5.97 Å². The lowest BCUT2D eigenvalue weighted by Gasteiger charge is -2.40. The van der Waals surface area contributed by atoms with Gasteiger partial charge in [-0.05, 0) is 73.6 Å². The molecule has 1 heterocycles. The molecule has 1 aliphatic carbocycles. The van der Waals surface area contributed by atoms with Crippen molar-refractivity contribution in [3.8, 4) is 51.4 Å². The van der Waals surface area contributed by atoms with E-state index >= 15 is 0 Å². The molecule has 1 fully saturated rings. The Morgan fingerprint density at radius 3 is 2.17 bits per heavy atom. The van der Waals surface area contributed by atoms with Crippen LogP contribution >= 0.6 is 0 Å². The molecule has 0 spiro atoms. The Morgan fingerprint density at radius 1 is 0.771 bits per heavy atom. The summed E-state index contributed by atoms with van der Waals surface area (Å²) in [5.74, 6) is -3.00. The van der Waals surface area contributed by atoms with Crippen LogP contribution in [0.25, 0.3) is 11.1 Å². The Kier molecular flexibility index (Phi) is 10.7. The Hall–Kier alpha value is -4.47. The minimum absolute atomic E-state index is 0.00703. The van der Waals surface area contributed by atoms with Gasteiger partial charge in [-0.3, -0.25) is 0 Å². The van der Waals surface area contributed by atoms with Crippen molar-refractivity contribution in [3.05, 3.63) is 53.1 Å². The molecular weight excluding hydrogens is 632 g/mol. The van der Waals surface area contributed by atoms with E-state index in [-0.39, 0.29) is 28.6 Å². The average Bonchev–Trinajstić information content (AvgIpc) is 3.08. The largest absolute Gasteiger partial charge is 0.507 e. The van der Waals surface area contributed by atoms with E-state index in [2.05, 4.69) is 0 Å². The molecule has 14 nitrogen and oxygen atoms in total. The lowest BCUT2D eigenvalue weighted by Crippen LogP contribution is -2.60. The molecule has 0 aromatic heterocycles. The quantitative estimate of drug-likeness (QED) is 0.133. The predicted molar refractivity (Wildman–Crippen MR) is 168 cm³/mol. The second kappa shape index (κ2) is 14.7. The molecule has 3 aromatic rings. The molecule has 14 heteroatoms. The number of phenols is 4. The lowest BCUT2D eigenvalue weighted by atomic mass is 9.95. The second-order valence-corrected chi connectivity index (χ2v) is 11.9. The number of rotatable bonds is 7. The summed E-state index contributed by atoms with van der Waals surface area (Å²) in [5, 5.41) is 82.7. The number of methoxy groups -OCH3 is 2. The number of benzene rings is 3. The van der Waals surface area contributed by atoms with Gasteiger partial charge in [0.25, 0.3) is 0 Å². The number of ether oxygens (including phenoxy) is 5. The zero-order valence-electron chi connectivity index (χ0n) is 26.4. The van der Waals surface area contributed by atoms with Gasteiger partial charge in [-0.15, -0.1) is 0 Å². The molecule has 1 unspecified atom stereocenters. The van der Waals surface area contributed by atoms with Gasteiger partial charge in [0, 0.05) is 11.1 Å². The number of aliphatic hydroxyl groups excluding tert-OH is 4. The number of aromatic hydroxyl groups is 4. The van der Waals surface area contributed by atoms with E-state index in [4.69, 9.17) is 23.7 Å². The summed E-state index contributed by atoms with van der Waals surface area (Å²) in [6.45, 7) is -0.643. The molecule has 8 N–H and O–H groups in total. The van der Waals surface area contributed by atoms with Crippen molar-refractivity contribution in [1.29, 1.82) is 0 Å². The number of esters is 1. The second-order valence-electron chi connectivity index (χ2n) is 11.9. The molecule has 48 heavy (non-hydrogen) atoms. The van der Waals surface area contributed by atoms with E-state index < -0.39 is 66.6 Å². The zero-order chi connectivity index (χ0) is 34.7. The summed E-state index contributed by atoms with van der Waals surface area (Å²) >= 11 is 0. The van der Waals surface area contributed by atoms with Crippen molar-refractivity contribution in [2.24, 2.45) is 0 Å². The van der Waals surface area contributed by atoms with Crippen LogP contribution in [0.3, 0.4) is 0 Å². The molecule has 1 aliphatic heterocycles. The molecule has 2 aliphatic rings. The summed E-state index contributed by atoms with van der Waals surface area (Å²) in [4.78, 5) is 12.6. The molecule has 3 aromatic carbocycles. The fourth-order valence-corrected chi connectivity index (χ4v) is 5.94. The van der Waals surface area contributed by atoms with Crippen LogP contribution in [0.15, 0.2) is 36.4 Å². The van der Waals surface area contributed by atoms with Gasteiger partial charge < -0.3 is 64.5 Å². The highest BCUT2D eigenvalue weighted by molar-refractivity contribution is 5.91. The van der Waals surface area contributed by atoms with Crippen LogP contribution < -0.4 is 14.2 Å². The zero-order valence-corrected chi connectivity index (χ0v) is 26.4. The third kappa shape index (κ3) is 7.17. The van der Waals surface area contributed by atoms with E-state index in [0.29, 0.717) is 55.2 Å². The van der Waals surface area contributed by atoms with Crippen LogP contribution in [0.4, 0.5) is 0 Å². The monoisotopic (exact) mass is 672 g/mol.